The fraction of sp³-hybridized carbons (Fsp3) is 0.500. The van der Waals surface area contributed by atoms with Crippen molar-refractivity contribution in [1.82, 2.24) is 10.2 Å². The fourth-order valence-corrected chi connectivity index (χ4v) is 4.88. The highest BCUT2D eigenvalue weighted by Gasteiger charge is 2.41. The number of carbonyl (C=O) groups is 3. The van der Waals surface area contributed by atoms with Gasteiger partial charge in [-0.05, 0) is 54.5 Å². The maximum atomic E-state index is 12.8. The van der Waals surface area contributed by atoms with Gasteiger partial charge in [0.05, 0.1) is 6.54 Å². The molecule has 3 amide bonds. The van der Waals surface area contributed by atoms with Gasteiger partial charge in [-0.25, -0.2) is 0 Å². The van der Waals surface area contributed by atoms with E-state index in [1.54, 1.807) is 18.2 Å². The third kappa shape index (κ3) is 4.30. The number of hydrogen-bond acceptors (Lipinski definition) is 5. The molecule has 2 aliphatic rings. The molecule has 0 spiro atoms. The number of carbonyl (C=O) groups excluding carboxylic acids is 3. The van der Waals surface area contributed by atoms with Gasteiger partial charge >= 0.3 is 0 Å². The molecule has 1 saturated heterocycles. The molecule has 3 rings (SSSR count). The Labute approximate surface area is 165 Å². The van der Waals surface area contributed by atoms with Gasteiger partial charge in [0.25, 0.3) is 5.91 Å². The van der Waals surface area contributed by atoms with Crippen LogP contribution in [0.3, 0.4) is 0 Å². The van der Waals surface area contributed by atoms with E-state index in [1.807, 2.05) is 0 Å². The van der Waals surface area contributed by atoms with Crippen molar-refractivity contribution in [3.8, 4) is 0 Å². The smallest absolute Gasteiger partial charge is 0.255 e. The van der Waals surface area contributed by atoms with Gasteiger partial charge in [0.2, 0.25) is 11.8 Å². The average Bonchev–Trinajstić information content (AvgIpc) is 3.01. The van der Waals surface area contributed by atoms with E-state index in [2.05, 4.69) is 15.3 Å². The molecule has 2 heterocycles. The molecular formula is C18H21N5O4S. The van der Waals surface area contributed by atoms with Crippen LogP contribution in [0, 0.1) is 0 Å². The lowest BCUT2D eigenvalue weighted by atomic mass is 10.0. The van der Waals surface area contributed by atoms with E-state index in [0.717, 1.165) is 19.3 Å². The second-order valence-corrected chi connectivity index (χ2v) is 8.29. The Morgan fingerprint density at radius 1 is 1.29 bits per heavy atom. The van der Waals surface area contributed by atoms with Gasteiger partial charge in [-0.1, -0.05) is 11.2 Å². The Balaban J connectivity index is 1.67. The summed E-state index contributed by atoms with van der Waals surface area (Å²) in [6, 6.07) is 4.47. The van der Waals surface area contributed by atoms with Crippen molar-refractivity contribution in [2.45, 2.75) is 49.6 Å². The molecule has 2 atom stereocenters. The van der Waals surface area contributed by atoms with Crippen molar-refractivity contribution in [2.75, 3.05) is 12.3 Å². The molecule has 0 bridgehead atoms. The number of azide groups is 1. The fourth-order valence-electron chi connectivity index (χ4n) is 3.52. The van der Waals surface area contributed by atoms with Crippen molar-refractivity contribution < 1.29 is 18.9 Å². The first-order valence-corrected chi connectivity index (χ1v) is 10.5. The molecule has 1 fully saturated rings. The lowest BCUT2D eigenvalue weighted by molar-refractivity contribution is -0.136. The van der Waals surface area contributed by atoms with Crippen molar-refractivity contribution >= 4 is 28.9 Å². The van der Waals surface area contributed by atoms with Gasteiger partial charge in [0.15, 0.2) is 4.90 Å². The molecule has 28 heavy (non-hydrogen) atoms. The van der Waals surface area contributed by atoms with E-state index < -0.39 is 23.1 Å². The molecule has 2 unspecified atom stereocenters. The van der Waals surface area contributed by atoms with Crippen LogP contribution >= 0.6 is 0 Å². The molecular weight excluding hydrogens is 382 g/mol. The van der Waals surface area contributed by atoms with Crippen LogP contribution in [0.5, 0.6) is 0 Å². The monoisotopic (exact) mass is 403 g/mol. The maximum Gasteiger partial charge on any atom is 0.255 e. The van der Waals surface area contributed by atoms with Gasteiger partial charge in [-0.15, -0.1) is 0 Å². The Hall–Kier alpha value is -2.55. The highest BCUT2D eigenvalue weighted by molar-refractivity contribution is 7.91. The van der Waals surface area contributed by atoms with Crippen molar-refractivity contribution in [2.24, 2.45) is 5.11 Å². The van der Waals surface area contributed by atoms with Gasteiger partial charge in [0, 0.05) is 29.0 Å². The first-order valence-electron chi connectivity index (χ1n) is 9.18. The summed E-state index contributed by atoms with van der Waals surface area (Å²) in [7, 11) is 0. The van der Waals surface area contributed by atoms with Crippen molar-refractivity contribution in [1.29, 1.82) is 0 Å². The largest absolute Gasteiger partial charge is 0.611 e. The molecule has 1 N–H and O–H groups in total. The van der Waals surface area contributed by atoms with E-state index in [4.69, 9.17) is 5.53 Å². The Morgan fingerprint density at radius 3 is 2.86 bits per heavy atom. The molecule has 1 aromatic carbocycles. The van der Waals surface area contributed by atoms with Crippen LogP contribution in [0.15, 0.2) is 28.2 Å². The predicted octanol–water partition coefficient (Wildman–Crippen LogP) is 2.04. The summed E-state index contributed by atoms with van der Waals surface area (Å²) < 4.78 is 12.8. The number of benzene rings is 1. The molecule has 148 valence electrons. The van der Waals surface area contributed by atoms with Crippen LogP contribution in [0.4, 0.5) is 0 Å². The number of nitrogens with one attached hydrogen (secondary N) is 1. The zero-order chi connectivity index (χ0) is 20.1. The topological polar surface area (TPSA) is 138 Å². The minimum atomic E-state index is -1.26. The molecule has 0 aliphatic carbocycles. The zero-order valence-electron chi connectivity index (χ0n) is 15.3. The number of amides is 3. The lowest BCUT2D eigenvalue weighted by Gasteiger charge is -2.29. The molecule has 9 nitrogen and oxygen atoms in total. The Morgan fingerprint density at radius 2 is 2.11 bits per heavy atom. The molecule has 0 radical (unpaired) electrons. The summed E-state index contributed by atoms with van der Waals surface area (Å²) in [6.07, 6.45) is 2.78. The summed E-state index contributed by atoms with van der Waals surface area (Å²) >= 11 is -1.26. The summed E-state index contributed by atoms with van der Waals surface area (Å²) in [5, 5.41) is 5.75. The molecule has 0 aromatic heterocycles. The standard InChI is InChI=1S/C18H21N5O4S/c19-22-20-9-2-1-3-10-28(27)15-6-4-5-12-13(15)11-23(18(12)26)14-7-8-16(24)21-17(14)25/h4-6,14H,1-3,7-11H2,(H,21,24,25). The zero-order valence-corrected chi connectivity index (χ0v) is 16.1. The normalized spacial score (nSPS) is 19.8. The van der Waals surface area contributed by atoms with Crippen LogP contribution in [-0.2, 0) is 27.3 Å². The Kier molecular flexibility index (Phi) is 6.56. The summed E-state index contributed by atoms with van der Waals surface area (Å²) in [5.41, 5.74) is 9.42. The maximum absolute atomic E-state index is 12.8. The average molecular weight is 403 g/mol. The molecule has 2 aliphatic heterocycles. The third-order valence-corrected chi connectivity index (χ3v) is 6.47. The highest BCUT2D eigenvalue weighted by Crippen LogP contribution is 2.32. The second-order valence-electron chi connectivity index (χ2n) is 6.75. The van der Waals surface area contributed by atoms with Crippen LogP contribution < -0.4 is 5.32 Å². The number of unbranched alkanes of at least 4 members (excludes halogenated alkanes) is 2. The number of piperidine rings is 1. The van der Waals surface area contributed by atoms with Gasteiger partial charge < -0.3 is 9.45 Å². The number of hydrogen-bond donors (Lipinski definition) is 1. The van der Waals surface area contributed by atoms with Crippen LogP contribution in [0.1, 0.15) is 48.0 Å². The van der Waals surface area contributed by atoms with Crippen LogP contribution in [0.25, 0.3) is 10.4 Å². The van der Waals surface area contributed by atoms with Crippen LogP contribution in [0.2, 0.25) is 0 Å². The van der Waals surface area contributed by atoms with E-state index in [-0.39, 0.29) is 24.8 Å². The quantitative estimate of drug-likeness (QED) is 0.177. The van der Waals surface area contributed by atoms with E-state index in [0.29, 0.717) is 34.7 Å². The minimum Gasteiger partial charge on any atom is -0.611 e. The van der Waals surface area contributed by atoms with Gasteiger partial charge in [-0.3, -0.25) is 19.7 Å². The number of fused-ring (bicyclic) bond motifs is 1. The highest BCUT2D eigenvalue weighted by atomic mass is 32.2. The van der Waals surface area contributed by atoms with E-state index in [9.17, 15) is 18.9 Å². The van der Waals surface area contributed by atoms with Crippen LogP contribution in [-0.4, -0.2) is 45.5 Å². The summed E-state index contributed by atoms with van der Waals surface area (Å²) in [6.45, 7) is 0.651. The molecule has 10 heteroatoms. The number of rotatable bonds is 8. The lowest BCUT2D eigenvalue weighted by Crippen LogP contribution is -2.52. The summed E-state index contributed by atoms with van der Waals surface area (Å²) in [4.78, 5) is 41.1. The first-order chi connectivity index (χ1) is 13.5. The first kappa shape index (κ1) is 20.2. The van der Waals surface area contributed by atoms with Crippen molar-refractivity contribution in [3.63, 3.8) is 0 Å². The molecule has 0 saturated carbocycles. The SMILES string of the molecule is [N-]=[N+]=NCCCCC[S+]([O-])c1cccc2c1CN(C1CCC(=O)NC1=O)C2=O. The van der Waals surface area contributed by atoms with E-state index >= 15 is 0 Å². The van der Waals surface area contributed by atoms with Gasteiger partial charge in [-0.2, -0.15) is 0 Å². The third-order valence-electron chi connectivity index (χ3n) is 4.94. The minimum absolute atomic E-state index is 0.200. The molecule has 1 aromatic rings. The van der Waals surface area contributed by atoms with Crippen molar-refractivity contribution in [3.05, 3.63) is 39.8 Å². The second kappa shape index (κ2) is 9.09. The predicted molar refractivity (Wildman–Crippen MR) is 102 cm³/mol. The number of nitrogens with zero attached hydrogens (tertiary/aromatic N) is 4. The Bertz CT molecular complexity index is 839. The number of imide groups is 1. The summed E-state index contributed by atoms with van der Waals surface area (Å²) in [5.74, 6) is -0.593. The van der Waals surface area contributed by atoms with E-state index in [1.165, 1.54) is 4.90 Å². The van der Waals surface area contributed by atoms with Gasteiger partial charge in [0.1, 0.15) is 11.8 Å².